The fraction of sp³-hybridized carbons (Fsp3) is 0.172. The van der Waals surface area contributed by atoms with Crippen LogP contribution in [0.4, 0.5) is 11.4 Å². The van der Waals surface area contributed by atoms with Crippen LogP contribution in [0.25, 0.3) is 0 Å². The number of methoxy groups -OCH3 is 1. The third-order valence-corrected chi connectivity index (χ3v) is 9.82. The number of nitrogens with one attached hydrogen (secondary N) is 1. The maximum absolute atomic E-state index is 14.0. The summed E-state index contributed by atoms with van der Waals surface area (Å²) in [6.07, 6.45) is 0. The first-order chi connectivity index (χ1) is 19.4. The zero-order valence-electron chi connectivity index (χ0n) is 21.1. The van der Waals surface area contributed by atoms with Crippen molar-refractivity contribution in [2.24, 2.45) is 5.92 Å². The number of thioether (sulfide) groups is 1. The van der Waals surface area contributed by atoms with Gasteiger partial charge in [-0.25, -0.2) is 4.90 Å². The Morgan fingerprint density at radius 1 is 0.950 bits per heavy atom. The van der Waals surface area contributed by atoms with Gasteiger partial charge in [-0.2, -0.15) is 0 Å². The van der Waals surface area contributed by atoms with Gasteiger partial charge in [-0.1, -0.05) is 71.1 Å². The van der Waals surface area contributed by atoms with Crippen LogP contribution in [0.15, 0.2) is 88.7 Å². The summed E-state index contributed by atoms with van der Waals surface area (Å²) >= 11 is 8.20. The van der Waals surface area contributed by atoms with Crippen molar-refractivity contribution in [3.63, 3.8) is 0 Å². The molecule has 3 aromatic carbocycles. The molecular weight excluding hydrogens is 570 g/mol. The number of thiazole rings is 1. The molecule has 1 saturated heterocycles. The van der Waals surface area contributed by atoms with Crippen molar-refractivity contribution < 1.29 is 19.1 Å². The number of aromatic nitrogens is 1. The number of amides is 3. The fourth-order valence-electron chi connectivity index (χ4n) is 5.22. The predicted octanol–water partition coefficient (Wildman–Crippen LogP) is 5.01. The summed E-state index contributed by atoms with van der Waals surface area (Å²) in [6.45, 7) is -0.231. The Kier molecular flexibility index (Phi) is 6.99. The minimum atomic E-state index is -0.803. The van der Waals surface area contributed by atoms with Gasteiger partial charge in [0.2, 0.25) is 17.7 Å². The van der Waals surface area contributed by atoms with E-state index in [1.165, 1.54) is 16.6 Å². The molecule has 0 spiro atoms. The van der Waals surface area contributed by atoms with Crippen molar-refractivity contribution >= 4 is 63.8 Å². The van der Waals surface area contributed by atoms with Crippen LogP contribution in [0.1, 0.15) is 16.4 Å². The summed E-state index contributed by atoms with van der Waals surface area (Å²) in [5, 5.41) is 3.00. The number of carbonyl (C=O) groups is 3. The molecule has 3 amide bonds. The third-order valence-electron chi connectivity index (χ3n) is 6.97. The highest BCUT2D eigenvalue weighted by Crippen LogP contribution is 2.55. The second-order valence-corrected chi connectivity index (χ2v) is 11.9. The molecule has 6 rings (SSSR count). The predicted molar refractivity (Wildman–Crippen MR) is 156 cm³/mol. The molecule has 0 radical (unpaired) electrons. The highest BCUT2D eigenvalue weighted by Gasteiger charge is 2.57. The van der Waals surface area contributed by atoms with Crippen molar-refractivity contribution in [3.8, 4) is 5.75 Å². The summed E-state index contributed by atoms with van der Waals surface area (Å²) in [4.78, 5) is 55.5. The average molecular weight is 592 g/mol. The quantitative estimate of drug-likeness (QED) is 0.317. The number of hydrogen-bond donors (Lipinski definition) is 1. The molecule has 2 aliphatic rings. The Morgan fingerprint density at radius 2 is 1.65 bits per heavy atom. The molecule has 1 N–H and O–H groups in total. The number of carbonyl (C=O) groups excluding carboxylic acids is 3. The van der Waals surface area contributed by atoms with E-state index in [9.17, 15) is 19.2 Å². The van der Waals surface area contributed by atoms with Crippen molar-refractivity contribution in [2.45, 2.75) is 22.7 Å². The number of hydrogen-bond acceptors (Lipinski definition) is 7. The third kappa shape index (κ3) is 4.51. The largest absolute Gasteiger partial charge is 0.496 e. The molecule has 202 valence electrons. The minimum Gasteiger partial charge on any atom is -0.496 e. The van der Waals surface area contributed by atoms with Gasteiger partial charge in [0.1, 0.15) is 17.5 Å². The average Bonchev–Trinajstić information content (AvgIpc) is 3.40. The lowest BCUT2D eigenvalue weighted by molar-refractivity contribution is -0.122. The first kappa shape index (κ1) is 26.4. The van der Waals surface area contributed by atoms with Crippen LogP contribution in [0.3, 0.4) is 0 Å². The van der Waals surface area contributed by atoms with Crippen molar-refractivity contribution in [2.75, 3.05) is 17.3 Å². The number of imide groups is 1. The molecule has 3 atom stereocenters. The van der Waals surface area contributed by atoms with Gasteiger partial charge in [0, 0.05) is 27.1 Å². The molecule has 1 aromatic heterocycles. The van der Waals surface area contributed by atoms with Gasteiger partial charge in [0.25, 0.3) is 0 Å². The zero-order valence-corrected chi connectivity index (χ0v) is 23.5. The number of nitrogens with zero attached hydrogens (tertiary/aromatic N) is 2. The van der Waals surface area contributed by atoms with Gasteiger partial charge in [-0.3, -0.25) is 23.7 Å². The first-order valence-electron chi connectivity index (χ1n) is 12.4. The molecule has 2 unspecified atom stereocenters. The highest BCUT2D eigenvalue weighted by molar-refractivity contribution is 8.00. The Morgan fingerprint density at radius 3 is 2.38 bits per heavy atom. The number of benzene rings is 3. The molecule has 0 bridgehead atoms. The van der Waals surface area contributed by atoms with E-state index in [0.29, 0.717) is 37.6 Å². The number of fused-ring (bicyclic) bond motifs is 2. The van der Waals surface area contributed by atoms with E-state index in [2.05, 4.69) is 5.32 Å². The minimum absolute atomic E-state index is 0.231. The van der Waals surface area contributed by atoms with Crippen LogP contribution in [0.5, 0.6) is 5.75 Å². The molecule has 40 heavy (non-hydrogen) atoms. The molecule has 0 aliphatic carbocycles. The SMILES string of the molecule is COc1ccccc1[C@H]1c2sc(=O)n(CC(=O)Nc3ccccc3)c2SC2C(=O)N(c3ccc(Cl)cc3)C(=O)C21. The summed E-state index contributed by atoms with van der Waals surface area (Å²) < 4.78 is 7.03. The normalized spacial score (nSPS) is 19.8. The molecule has 2 aliphatic heterocycles. The number of anilines is 2. The molecule has 11 heteroatoms. The van der Waals surface area contributed by atoms with E-state index in [0.717, 1.165) is 23.1 Å². The summed E-state index contributed by atoms with van der Waals surface area (Å²) in [5.74, 6) is -1.97. The van der Waals surface area contributed by atoms with E-state index in [1.807, 2.05) is 24.3 Å². The zero-order chi connectivity index (χ0) is 28.0. The number of rotatable bonds is 6. The maximum atomic E-state index is 14.0. The molecule has 3 heterocycles. The van der Waals surface area contributed by atoms with E-state index in [1.54, 1.807) is 54.6 Å². The second kappa shape index (κ2) is 10.6. The van der Waals surface area contributed by atoms with Crippen molar-refractivity contribution in [1.82, 2.24) is 4.57 Å². The first-order valence-corrected chi connectivity index (χ1v) is 14.5. The van der Waals surface area contributed by atoms with Gasteiger partial charge < -0.3 is 10.1 Å². The fourth-order valence-corrected chi connectivity index (χ4v) is 8.11. The number of para-hydroxylation sites is 2. The van der Waals surface area contributed by atoms with Crippen LogP contribution < -0.4 is 19.8 Å². The maximum Gasteiger partial charge on any atom is 0.308 e. The molecular formula is C29H22ClN3O5S2. The topological polar surface area (TPSA) is 97.7 Å². The monoisotopic (exact) mass is 591 g/mol. The molecule has 1 fully saturated rings. The van der Waals surface area contributed by atoms with Gasteiger partial charge in [0.05, 0.1) is 23.7 Å². The lowest BCUT2D eigenvalue weighted by atomic mass is 9.82. The van der Waals surface area contributed by atoms with E-state index >= 15 is 0 Å². The van der Waals surface area contributed by atoms with E-state index < -0.39 is 17.1 Å². The smallest absolute Gasteiger partial charge is 0.308 e. The summed E-state index contributed by atoms with van der Waals surface area (Å²) in [5.41, 5.74) is 1.73. The van der Waals surface area contributed by atoms with Crippen LogP contribution in [-0.4, -0.2) is 34.6 Å². The van der Waals surface area contributed by atoms with Gasteiger partial charge in [-0.15, -0.1) is 0 Å². The lowest BCUT2D eigenvalue weighted by Gasteiger charge is -2.31. The van der Waals surface area contributed by atoms with Crippen molar-refractivity contribution in [1.29, 1.82) is 0 Å². The van der Waals surface area contributed by atoms with Crippen LogP contribution >= 0.6 is 34.7 Å². The van der Waals surface area contributed by atoms with Gasteiger partial charge in [0.15, 0.2) is 0 Å². The van der Waals surface area contributed by atoms with Gasteiger partial charge >= 0.3 is 4.87 Å². The van der Waals surface area contributed by atoms with E-state index in [4.69, 9.17) is 16.3 Å². The second-order valence-electron chi connectivity index (χ2n) is 9.31. The van der Waals surface area contributed by atoms with Crippen molar-refractivity contribution in [3.05, 3.63) is 104 Å². The Hall–Kier alpha value is -3.86. The van der Waals surface area contributed by atoms with Crippen LogP contribution in [-0.2, 0) is 20.9 Å². The molecule has 4 aromatic rings. The van der Waals surface area contributed by atoms with Crippen LogP contribution in [0, 0.1) is 5.92 Å². The van der Waals surface area contributed by atoms with E-state index in [-0.39, 0.29) is 29.1 Å². The number of halogens is 1. The van der Waals surface area contributed by atoms with Crippen LogP contribution in [0.2, 0.25) is 5.02 Å². The Bertz CT molecular complexity index is 1690. The molecule has 0 saturated carbocycles. The van der Waals surface area contributed by atoms with Gasteiger partial charge in [-0.05, 0) is 42.5 Å². The molecule has 8 nitrogen and oxygen atoms in total. The Labute approximate surface area is 242 Å². The standard InChI is InChI=1S/C29H22ClN3O5S2/c1-38-20-10-6-5-9-19(20)22-23-24(27(36)33(26(23)35)18-13-11-16(30)12-14-18)39-28-25(22)40-29(37)32(28)15-21(34)31-17-7-3-2-4-8-17/h2-14,22-24H,15H2,1H3,(H,31,34)/t22-,23?,24?/m1/s1. The Balaban J connectivity index is 1.44. The number of ether oxygens (including phenoxy) is 1. The summed E-state index contributed by atoms with van der Waals surface area (Å²) in [6, 6.07) is 22.8. The summed E-state index contributed by atoms with van der Waals surface area (Å²) in [7, 11) is 1.54. The highest BCUT2D eigenvalue weighted by atomic mass is 35.5. The lowest BCUT2D eigenvalue weighted by Crippen LogP contribution is -2.33.